The van der Waals surface area contributed by atoms with E-state index in [1.807, 2.05) is 67.6 Å². The Morgan fingerprint density at radius 2 is 1.80 bits per heavy atom. The van der Waals surface area contributed by atoms with Gasteiger partial charge in [0.2, 0.25) is 0 Å². The van der Waals surface area contributed by atoms with E-state index in [9.17, 15) is 4.79 Å². The van der Waals surface area contributed by atoms with Crippen molar-refractivity contribution in [2.75, 3.05) is 16.8 Å². The van der Waals surface area contributed by atoms with Crippen LogP contribution in [-0.2, 0) is 0 Å². The number of benzene rings is 2. The van der Waals surface area contributed by atoms with Crippen LogP contribution in [0.5, 0.6) is 0 Å². The number of aromatic nitrogens is 1. The molecule has 2 aromatic carbocycles. The van der Waals surface area contributed by atoms with Crippen LogP contribution in [0, 0.1) is 0 Å². The predicted molar refractivity (Wildman–Crippen MR) is 103 cm³/mol. The van der Waals surface area contributed by atoms with Crippen LogP contribution in [0.15, 0.2) is 72.9 Å². The molecule has 0 saturated carbocycles. The molecule has 126 valence electrons. The lowest BCUT2D eigenvalue weighted by molar-refractivity contribution is 0.0983. The van der Waals surface area contributed by atoms with Gasteiger partial charge in [-0.05, 0) is 49.4 Å². The Kier molecular flexibility index (Phi) is 5.31. The number of amides is 1. The number of pyridine rings is 1. The Balaban J connectivity index is 1.84. The number of halogens is 1. The van der Waals surface area contributed by atoms with Crippen LogP contribution < -0.4 is 10.2 Å². The maximum absolute atomic E-state index is 12.8. The highest BCUT2D eigenvalue weighted by Crippen LogP contribution is 2.21. The summed E-state index contributed by atoms with van der Waals surface area (Å²) in [5.41, 5.74) is 2.87. The summed E-state index contributed by atoms with van der Waals surface area (Å²) in [4.78, 5) is 18.8. The van der Waals surface area contributed by atoms with Gasteiger partial charge in [-0.2, -0.15) is 0 Å². The number of nitrogens with one attached hydrogen (secondary N) is 1. The molecule has 0 fully saturated rings. The molecular formula is C20H18ClN3O. The first kappa shape index (κ1) is 17.0. The van der Waals surface area contributed by atoms with Crippen LogP contribution in [0.3, 0.4) is 0 Å². The van der Waals surface area contributed by atoms with E-state index in [1.54, 1.807) is 17.2 Å². The van der Waals surface area contributed by atoms with Crippen molar-refractivity contribution in [2.45, 2.75) is 6.92 Å². The molecule has 1 amide bonds. The molecular weight excluding hydrogens is 334 g/mol. The number of carbonyl (C=O) groups is 1. The lowest BCUT2D eigenvalue weighted by Crippen LogP contribution is -2.31. The second-order valence-electron chi connectivity index (χ2n) is 5.45. The molecule has 0 spiro atoms. The van der Waals surface area contributed by atoms with E-state index in [4.69, 9.17) is 11.6 Å². The molecule has 5 heteroatoms. The maximum atomic E-state index is 12.8. The lowest BCUT2D eigenvalue weighted by Gasteiger charge is -2.20. The molecule has 0 atom stereocenters. The van der Waals surface area contributed by atoms with Crippen molar-refractivity contribution < 1.29 is 4.79 Å². The first-order valence-corrected chi connectivity index (χ1v) is 8.40. The second kappa shape index (κ2) is 7.81. The average Bonchev–Trinajstić information content (AvgIpc) is 2.63. The molecule has 0 unspecified atom stereocenters. The highest BCUT2D eigenvalue weighted by molar-refractivity contribution is 6.30. The number of carbonyl (C=O) groups excluding carboxylic acids is 1. The SMILES string of the molecule is CCN(C(=O)c1cc(Nc2cccc(Cl)c2)ccn1)c1ccccc1. The van der Waals surface area contributed by atoms with Crippen LogP contribution in [0.25, 0.3) is 0 Å². The maximum Gasteiger partial charge on any atom is 0.276 e. The Bertz CT molecular complexity index is 868. The molecule has 0 aliphatic carbocycles. The minimum Gasteiger partial charge on any atom is -0.355 e. The smallest absolute Gasteiger partial charge is 0.276 e. The summed E-state index contributed by atoms with van der Waals surface area (Å²) in [7, 11) is 0. The predicted octanol–water partition coefficient (Wildman–Crippen LogP) is 5.15. The van der Waals surface area contributed by atoms with Gasteiger partial charge in [0.25, 0.3) is 5.91 Å². The molecule has 3 rings (SSSR count). The van der Waals surface area contributed by atoms with Crippen LogP contribution in [0.4, 0.5) is 17.1 Å². The van der Waals surface area contributed by atoms with E-state index in [1.165, 1.54) is 0 Å². The molecule has 0 bridgehead atoms. The van der Waals surface area contributed by atoms with Gasteiger partial charge in [0.15, 0.2) is 0 Å². The normalized spacial score (nSPS) is 10.3. The van der Waals surface area contributed by atoms with E-state index in [-0.39, 0.29) is 5.91 Å². The average molecular weight is 352 g/mol. The van der Waals surface area contributed by atoms with Gasteiger partial charge in [0.1, 0.15) is 5.69 Å². The molecule has 25 heavy (non-hydrogen) atoms. The summed E-state index contributed by atoms with van der Waals surface area (Å²) in [6, 6.07) is 20.6. The van der Waals surface area contributed by atoms with Gasteiger partial charge >= 0.3 is 0 Å². The number of hydrogen-bond donors (Lipinski definition) is 1. The molecule has 4 nitrogen and oxygen atoms in total. The second-order valence-corrected chi connectivity index (χ2v) is 5.89. The Morgan fingerprint density at radius 1 is 1.04 bits per heavy atom. The Hall–Kier alpha value is -2.85. The Labute approximate surface area is 152 Å². The van der Waals surface area contributed by atoms with Gasteiger partial charge in [-0.25, -0.2) is 0 Å². The standard InChI is InChI=1S/C20H18ClN3O/c1-2-24(18-9-4-3-5-10-18)20(25)19-14-17(11-12-22-19)23-16-8-6-7-15(21)13-16/h3-14H,2H2,1H3,(H,22,23). The third kappa shape index (κ3) is 4.17. The molecule has 1 heterocycles. The fourth-order valence-corrected chi connectivity index (χ4v) is 2.74. The number of anilines is 3. The lowest BCUT2D eigenvalue weighted by atomic mass is 10.2. The zero-order valence-corrected chi connectivity index (χ0v) is 14.6. The van der Waals surface area contributed by atoms with Gasteiger partial charge in [0.05, 0.1) is 0 Å². The van der Waals surface area contributed by atoms with Crippen LogP contribution in [0.2, 0.25) is 5.02 Å². The van der Waals surface area contributed by atoms with Crippen molar-refractivity contribution in [3.8, 4) is 0 Å². The molecule has 0 aliphatic heterocycles. The molecule has 0 aliphatic rings. The van der Waals surface area contributed by atoms with Crippen molar-refractivity contribution in [2.24, 2.45) is 0 Å². The van der Waals surface area contributed by atoms with Crippen molar-refractivity contribution in [1.82, 2.24) is 4.98 Å². The first-order valence-electron chi connectivity index (χ1n) is 8.03. The molecule has 3 aromatic rings. The van der Waals surface area contributed by atoms with Gasteiger partial charge in [0, 0.05) is 34.8 Å². The number of hydrogen-bond acceptors (Lipinski definition) is 3. The van der Waals surface area contributed by atoms with Crippen molar-refractivity contribution in [3.63, 3.8) is 0 Å². The summed E-state index contributed by atoms with van der Waals surface area (Å²) in [6.45, 7) is 2.51. The van der Waals surface area contributed by atoms with Gasteiger partial charge in [-0.1, -0.05) is 35.9 Å². The van der Waals surface area contributed by atoms with E-state index in [0.717, 1.165) is 17.1 Å². The molecule has 1 aromatic heterocycles. The van der Waals surface area contributed by atoms with E-state index < -0.39 is 0 Å². The van der Waals surface area contributed by atoms with E-state index >= 15 is 0 Å². The summed E-state index contributed by atoms with van der Waals surface area (Å²) in [5, 5.41) is 3.89. The van der Waals surface area contributed by atoms with E-state index in [0.29, 0.717) is 17.3 Å². The summed E-state index contributed by atoms with van der Waals surface area (Å²) >= 11 is 6.01. The zero-order chi connectivity index (χ0) is 17.6. The van der Waals surface area contributed by atoms with Crippen LogP contribution in [-0.4, -0.2) is 17.4 Å². The monoisotopic (exact) mass is 351 g/mol. The van der Waals surface area contributed by atoms with Crippen molar-refractivity contribution in [3.05, 3.63) is 83.6 Å². The molecule has 1 N–H and O–H groups in total. The highest BCUT2D eigenvalue weighted by Gasteiger charge is 2.17. The topological polar surface area (TPSA) is 45.2 Å². The summed E-state index contributed by atoms with van der Waals surface area (Å²) < 4.78 is 0. The summed E-state index contributed by atoms with van der Waals surface area (Å²) in [5.74, 6) is -0.136. The fraction of sp³-hybridized carbons (Fsp3) is 0.100. The van der Waals surface area contributed by atoms with Crippen LogP contribution in [0.1, 0.15) is 17.4 Å². The van der Waals surface area contributed by atoms with E-state index in [2.05, 4.69) is 10.3 Å². The van der Waals surface area contributed by atoms with Gasteiger partial charge in [-0.15, -0.1) is 0 Å². The van der Waals surface area contributed by atoms with Gasteiger partial charge in [-0.3, -0.25) is 9.78 Å². The number of rotatable bonds is 5. The molecule has 0 saturated heterocycles. The molecule has 0 radical (unpaired) electrons. The third-order valence-corrected chi connectivity index (χ3v) is 3.96. The quantitative estimate of drug-likeness (QED) is 0.691. The number of nitrogens with zero attached hydrogens (tertiary/aromatic N) is 2. The third-order valence-electron chi connectivity index (χ3n) is 3.72. The fourth-order valence-electron chi connectivity index (χ4n) is 2.55. The Morgan fingerprint density at radius 3 is 2.52 bits per heavy atom. The minimum absolute atomic E-state index is 0.136. The summed E-state index contributed by atoms with van der Waals surface area (Å²) in [6.07, 6.45) is 1.62. The largest absolute Gasteiger partial charge is 0.355 e. The zero-order valence-electron chi connectivity index (χ0n) is 13.8. The van der Waals surface area contributed by atoms with Crippen molar-refractivity contribution >= 4 is 34.6 Å². The highest BCUT2D eigenvalue weighted by atomic mass is 35.5. The number of para-hydroxylation sites is 1. The van der Waals surface area contributed by atoms with Crippen molar-refractivity contribution in [1.29, 1.82) is 0 Å². The minimum atomic E-state index is -0.136. The van der Waals surface area contributed by atoms with Crippen LogP contribution >= 0.6 is 11.6 Å². The van der Waals surface area contributed by atoms with Gasteiger partial charge < -0.3 is 10.2 Å². The first-order chi connectivity index (χ1) is 12.2.